The van der Waals surface area contributed by atoms with Gasteiger partial charge in [-0.05, 0) is 43.7 Å². The van der Waals surface area contributed by atoms with Crippen molar-refractivity contribution in [2.24, 2.45) is 5.16 Å². The molecule has 7 heteroatoms. The Morgan fingerprint density at radius 2 is 2.16 bits per heavy atom. The molecule has 0 aliphatic carbocycles. The molecule has 7 nitrogen and oxygen atoms in total. The molecule has 0 bridgehead atoms. The van der Waals surface area contributed by atoms with E-state index in [1.54, 1.807) is 7.11 Å². The third-order valence-corrected chi connectivity index (χ3v) is 4.21. The highest BCUT2D eigenvalue weighted by Gasteiger charge is 2.28. The summed E-state index contributed by atoms with van der Waals surface area (Å²) in [5.74, 6) is 0.608. The number of nitrogens with one attached hydrogen (secondary N) is 1. The van der Waals surface area contributed by atoms with Gasteiger partial charge in [0, 0.05) is 31.3 Å². The topological polar surface area (TPSA) is 77.7 Å². The van der Waals surface area contributed by atoms with E-state index in [0.717, 1.165) is 34.8 Å². The molecule has 1 unspecified atom stereocenters. The van der Waals surface area contributed by atoms with Crippen LogP contribution in [-0.4, -0.2) is 34.6 Å². The van der Waals surface area contributed by atoms with Crippen LogP contribution in [0.2, 0.25) is 0 Å². The maximum absolute atomic E-state index is 12.3. The van der Waals surface area contributed by atoms with E-state index in [1.807, 2.05) is 49.0 Å². The van der Waals surface area contributed by atoms with E-state index in [0.29, 0.717) is 13.0 Å². The van der Waals surface area contributed by atoms with Gasteiger partial charge in [-0.15, -0.1) is 0 Å². The molecular formula is C18H22N4O3. The predicted molar refractivity (Wildman–Crippen MR) is 93.5 cm³/mol. The van der Waals surface area contributed by atoms with E-state index in [2.05, 4.69) is 15.6 Å². The summed E-state index contributed by atoms with van der Waals surface area (Å²) in [7, 11) is 1.62. The molecule has 0 fully saturated rings. The summed E-state index contributed by atoms with van der Waals surface area (Å²) >= 11 is 0. The van der Waals surface area contributed by atoms with Crippen LogP contribution in [0.15, 0.2) is 35.6 Å². The smallest absolute Gasteiger partial charge is 0.264 e. The van der Waals surface area contributed by atoms with Crippen LogP contribution in [0, 0.1) is 6.92 Å². The number of ether oxygens (including phenoxy) is 1. The number of aryl methyl sites for hydroxylation is 2. The first-order chi connectivity index (χ1) is 12.1. The Bertz CT molecular complexity index is 780. The number of amides is 1. The summed E-state index contributed by atoms with van der Waals surface area (Å²) < 4.78 is 7.00. The number of oxime groups is 1. The van der Waals surface area contributed by atoms with E-state index < -0.39 is 6.10 Å². The third kappa shape index (κ3) is 3.81. The van der Waals surface area contributed by atoms with Gasteiger partial charge in [-0.25, -0.2) is 0 Å². The van der Waals surface area contributed by atoms with Crippen LogP contribution >= 0.6 is 0 Å². The van der Waals surface area contributed by atoms with Gasteiger partial charge in [0.2, 0.25) is 6.10 Å². The van der Waals surface area contributed by atoms with Crippen LogP contribution in [-0.2, 0) is 22.7 Å². The monoisotopic (exact) mass is 342 g/mol. The van der Waals surface area contributed by atoms with E-state index >= 15 is 0 Å². The molecule has 0 spiro atoms. The van der Waals surface area contributed by atoms with Gasteiger partial charge < -0.3 is 14.9 Å². The number of methoxy groups -OCH3 is 1. The van der Waals surface area contributed by atoms with Crippen LogP contribution < -0.4 is 10.1 Å². The number of hydrogen-bond acceptors (Lipinski definition) is 5. The molecule has 1 aliphatic rings. The molecule has 0 radical (unpaired) electrons. The van der Waals surface area contributed by atoms with Gasteiger partial charge in [0.15, 0.2) is 0 Å². The third-order valence-electron chi connectivity index (χ3n) is 4.21. The number of rotatable bonds is 6. The second kappa shape index (κ2) is 7.38. The lowest BCUT2D eigenvalue weighted by Crippen LogP contribution is -2.34. The minimum atomic E-state index is -0.598. The van der Waals surface area contributed by atoms with Crippen molar-refractivity contribution in [3.05, 3.63) is 47.3 Å². The molecule has 1 aromatic carbocycles. The Balaban J connectivity index is 1.55. The molecule has 1 aliphatic heterocycles. The standard InChI is InChI=1S/C18H22N4O3/c1-4-22-11-14(12(2)20-22)10-19-18(23)17-9-16(21-25-17)13-5-7-15(24-3)8-6-13/h5-8,11,17H,4,9-10H2,1-3H3,(H,19,23). The number of carbonyl (C=O) groups excluding carboxylic acids is 1. The summed E-state index contributed by atoms with van der Waals surface area (Å²) in [4.78, 5) is 17.6. The predicted octanol–water partition coefficient (Wildman–Crippen LogP) is 2.03. The lowest BCUT2D eigenvalue weighted by molar-refractivity contribution is -0.131. The maximum Gasteiger partial charge on any atom is 0.264 e. The first kappa shape index (κ1) is 17.0. The van der Waals surface area contributed by atoms with Crippen molar-refractivity contribution < 1.29 is 14.4 Å². The lowest BCUT2D eigenvalue weighted by atomic mass is 10.0. The van der Waals surface area contributed by atoms with E-state index in [4.69, 9.17) is 9.57 Å². The molecule has 1 atom stereocenters. The second-order valence-electron chi connectivity index (χ2n) is 5.88. The summed E-state index contributed by atoms with van der Waals surface area (Å²) in [6.45, 7) is 5.20. The Morgan fingerprint density at radius 1 is 1.40 bits per heavy atom. The fourth-order valence-corrected chi connectivity index (χ4v) is 2.66. The fourth-order valence-electron chi connectivity index (χ4n) is 2.66. The Hall–Kier alpha value is -2.83. The number of aromatic nitrogens is 2. The largest absolute Gasteiger partial charge is 0.497 e. The highest BCUT2D eigenvalue weighted by atomic mass is 16.6. The molecule has 0 saturated heterocycles. The minimum absolute atomic E-state index is 0.170. The number of nitrogens with zero attached hydrogens (tertiary/aromatic N) is 3. The fraction of sp³-hybridized carbons (Fsp3) is 0.389. The first-order valence-corrected chi connectivity index (χ1v) is 8.28. The summed E-state index contributed by atoms with van der Waals surface area (Å²) in [6.07, 6.45) is 1.80. The summed E-state index contributed by atoms with van der Waals surface area (Å²) in [6, 6.07) is 7.53. The normalized spacial score (nSPS) is 16.3. The number of carbonyl (C=O) groups is 1. The average molecular weight is 342 g/mol. The Morgan fingerprint density at radius 3 is 2.80 bits per heavy atom. The van der Waals surface area contributed by atoms with Gasteiger partial charge in [0.25, 0.3) is 5.91 Å². The molecule has 1 N–H and O–H groups in total. The van der Waals surface area contributed by atoms with Crippen molar-refractivity contribution in [3.63, 3.8) is 0 Å². The van der Waals surface area contributed by atoms with Gasteiger partial charge in [-0.3, -0.25) is 9.48 Å². The Labute approximate surface area is 146 Å². The molecule has 132 valence electrons. The van der Waals surface area contributed by atoms with E-state index in [9.17, 15) is 4.79 Å². The molecule has 2 heterocycles. The van der Waals surface area contributed by atoms with Crippen molar-refractivity contribution in [2.45, 2.75) is 39.5 Å². The Kier molecular flexibility index (Phi) is 5.02. The van der Waals surface area contributed by atoms with Crippen LogP contribution in [0.25, 0.3) is 0 Å². The van der Waals surface area contributed by atoms with Crippen LogP contribution in [0.4, 0.5) is 0 Å². The molecule has 2 aromatic rings. The molecule has 25 heavy (non-hydrogen) atoms. The molecular weight excluding hydrogens is 320 g/mol. The highest BCUT2D eigenvalue weighted by molar-refractivity contribution is 6.04. The SMILES string of the molecule is CCn1cc(CNC(=O)C2CC(c3ccc(OC)cc3)=NO2)c(C)n1. The highest BCUT2D eigenvalue weighted by Crippen LogP contribution is 2.19. The number of benzene rings is 1. The van der Waals surface area contributed by atoms with Gasteiger partial charge >= 0.3 is 0 Å². The summed E-state index contributed by atoms with van der Waals surface area (Å²) in [5, 5.41) is 11.3. The zero-order chi connectivity index (χ0) is 17.8. The van der Waals surface area contributed by atoms with Crippen molar-refractivity contribution in [1.82, 2.24) is 15.1 Å². The quantitative estimate of drug-likeness (QED) is 0.871. The first-order valence-electron chi connectivity index (χ1n) is 8.28. The molecule has 1 amide bonds. The number of hydrogen-bond donors (Lipinski definition) is 1. The van der Waals surface area contributed by atoms with Crippen molar-refractivity contribution in [1.29, 1.82) is 0 Å². The lowest BCUT2D eigenvalue weighted by Gasteiger charge is -2.09. The second-order valence-corrected chi connectivity index (χ2v) is 5.88. The van der Waals surface area contributed by atoms with Gasteiger partial charge in [0.1, 0.15) is 5.75 Å². The maximum atomic E-state index is 12.3. The van der Waals surface area contributed by atoms with Crippen LogP contribution in [0.5, 0.6) is 5.75 Å². The molecule has 3 rings (SSSR count). The van der Waals surface area contributed by atoms with Gasteiger partial charge in [-0.2, -0.15) is 5.10 Å². The zero-order valence-electron chi connectivity index (χ0n) is 14.7. The van der Waals surface area contributed by atoms with Crippen LogP contribution in [0.3, 0.4) is 0 Å². The van der Waals surface area contributed by atoms with Crippen molar-refractivity contribution >= 4 is 11.6 Å². The van der Waals surface area contributed by atoms with Gasteiger partial charge in [-0.1, -0.05) is 5.16 Å². The molecule has 1 aromatic heterocycles. The molecule has 0 saturated carbocycles. The minimum Gasteiger partial charge on any atom is -0.497 e. The van der Waals surface area contributed by atoms with Crippen molar-refractivity contribution in [2.75, 3.05) is 7.11 Å². The van der Waals surface area contributed by atoms with Crippen molar-refractivity contribution in [3.8, 4) is 5.75 Å². The van der Waals surface area contributed by atoms with E-state index in [-0.39, 0.29) is 5.91 Å². The zero-order valence-corrected chi connectivity index (χ0v) is 14.7. The van der Waals surface area contributed by atoms with Crippen LogP contribution in [0.1, 0.15) is 30.2 Å². The summed E-state index contributed by atoms with van der Waals surface area (Å²) in [5.41, 5.74) is 3.61. The van der Waals surface area contributed by atoms with Gasteiger partial charge in [0.05, 0.1) is 18.5 Å². The van der Waals surface area contributed by atoms with E-state index in [1.165, 1.54) is 0 Å². The average Bonchev–Trinajstić information content (AvgIpc) is 3.26.